The number of aromatic nitrogens is 2. The second-order valence-electron chi connectivity index (χ2n) is 2.01. The third-order valence-corrected chi connectivity index (χ3v) is 2.60. The molecule has 13 heavy (non-hydrogen) atoms. The fourth-order valence-corrected chi connectivity index (χ4v) is 1.77. The Hall–Kier alpha value is -1.18. The van der Waals surface area contributed by atoms with Gasteiger partial charge in [-0.2, -0.15) is 10.5 Å². The molecule has 0 bridgehead atoms. The Balaban J connectivity index is 2.77. The van der Waals surface area contributed by atoms with Crippen LogP contribution in [0.15, 0.2) is 3.92 Å². The highest BCUT2D eigenvalue weighted by Gasteiger charge is 2.10. The van der Waals surface area contributed by atoms with E-state index in [1.807, 2.05) is 12.1 Å². The van der Waals surface area contributed by atoms with Crippen molar-refractivity contribution in [2.45, 2.75) is 0 Å². The predicted molar refractivity (Wildman–Crippen MR) is 51.0 cm³/mol. The van der Waals surface area contributed by atoms with Crippen LogP contribution >= 0.6 is 27.3 Å². The monoisotopic (exact) mass is 257 g/mol. The van der Waals surface area contributed by atoms with Crippen LogP contribution < -0.4 is 4.90 Å². The lowest BCUT2D eigenvalue weighted by molar-refractivity contribution is 0.923. The molecule has 0 fully saturated rings. The SMILES string of the molecule is N#CCN(CC#N)c1nnc(Br)s1. The van der Waals surface area contributed by atoms with Crippen LogP contribution in [0.25, 0.3) is 0 Å². The smallest absolute Gasteiger partial charge is 0.210 e. The topological polar surface area (TPSA) is 76.6 Å². The van der Waals surface area contributed by atoms with Crippen molar-refractivity contribution < 1.29 is 0 Å². The third kappa shape index (κ3) is 2.65. The van der Waals surface area contributed by atoms with Gasteiger partial charge in [0.25, 0.3) is 0 Å². The molecular weight excluding hydrogens is 254 g/mol. The zero-order valence-electron chi connectivity index (χ0n) is 6.44. The minimum absolute atomic E-state index is 0.148. The van der Waals surface area contributed by atoms with E-state index in [1.54, 1.807) is 4.90 Å². The summed E-state index contributed by atoms with van der Waals surface area (Å²) in [4.78, 5) is 1.56. The average molecular weight is 258 g/mol. The molecule has 0 amide bonds. The number of anilines is 1. The van der Waals surface area contributed by atoms with Gasteiger partial charge in [-0.15, -0.1) is 10.2 Å². The number of halogens is 1. The molecule has 66 valence electrons. The maximum atomic E-state index is 8.48. The van der Waals surface area contributed by atoms with Crippen LogP contribution in [0.4, 0.5) is 5.13 Å². The minimum Gasteiger partial charge on any atom is -0.320 e. The van der Waals surface area contributed by atoms with Crippen molar-refractivity contribution in [1.29, 1.82) is 10.5 Å². The summed E-state index contributed by atoms with van der Waals surface area (Å²) >= 11 is 4.45. The Kier molecular flexibility index (Phi) is 3.62. The van der Waals surface area contributed by atoms with Gasteiger partial charge in [-0.05, 0) is 15.9 Å². The lowest BCUT2D eigenvalue weighted by Gasteiger charge is -2.11. The standard InChI is InChI=1S/C6H4BrN5S/c7-5-10-11-6(13-5)12(3-1-8)4-2-9/h3-4H2. The highest BCUT2D eigenvalue weighted by Crippen LogP contribution is 2.23. The van der Waals surface area contributed by atoms with Crippen LogP contribution in [-0.4, -0.2) is 23.3 Å². The predicted octanol–water partition coefficient (Wildman–Crippen LogP) is 1.15. The Bertz CT molecular complexity index is 346. The van der Waals surface area contributed by atoms with Gasteiger partial charge in [0, 0.05) is 0 Å². The molecule has 1 aromatic rings. The van der Waals surface area contributed by atoms with Crippen LogP contribution in [0, 0.1) is 22.7 Å². The second kappa shape index (κ2) is 4.75. The first-order chi connectivity index (χ1) is 6.27. The quantitative estimate of drug-likeness (QED) is 0.760. The highest BCUT2D eigenvalue weighted by molar-refractivity contribution is 9.11. The molecule has 0 spiro atoms. The molecule has 0 radical (unpaired) electrons. The Morgan fingerprint density at radius 1 is 1.31 bits per heavy atom. The van der Waals surface area contributed by atoms with Crippen molar-refractivity contribution in [3.8, 4) is 12.1 Å². The van der Waals surface area contributed by atoms with E-state index in [2.05, 4.69) is 26.1 Å². The third-order valence-electron chi connectivity index (χ3n) is 1.18. The molecule has 0 aliphatic carbocycles. The zero-order valence-corrected chi connectivity index (χ0v) is 8.84. The summed E-state index contributed by atoms with van der Waals surface area (Å²) in [6.45, 7) is 0.296. The molecule has 0 aliphatic heterocycles. The molecule has 5 nitrogen and oxygen atoms in total. The van der Waals surface area contributed by atoms with Gasteiger partial charge in [0.15, 0.2) is 3.92 Å². The van der Waals surface area contributed by atoms with E-state index in [0.717, 1.165) is 0 Å². The maximum absolute atomic E-state index is 8.48. The Morgan fingerprint density at radius 3 is 2.31 bits per heavy atom. The summed E-state index contributed by atoms with van der Waals surface area (Å²) in [5, 5.41) is 25.1. The van der Waals surface area contributed by atoms with E-state index in [4.69, 9.17) is 10.5 Å². The normalized spacial score (nSPS) is 8.85. The lowest BCUT2D eigenvalue weighted by Crippen LogP contribution is -2.23. The van der Waals surface area contributed by atoms with Crippen molar-refractivity contribution in [2.24, 2.45) is 0 Å². The van der Waals surface area contributed by atoms with Crippen molar-refractivity contribution in [2.75, 3.05) is 18.0 Å². The van der Waals surface area contributed by atoms with E-state index in [0.29, 0.717) is 9.05 Å². The number of nitriles is 2. The van der Waals surface area contributed by atoms with Gasteiger partial charge in [-0.25, -0.2) is 0 Å². The van der Waals surface area contributed by atoms with E-state index >= 15 is 0 Å². The molecule has 7 heteroatoms. The van der Waals surface area contributed by atoms with E-state index in [-0.39, 0.29) is 13.1 Å². The molecule has 0 atom stereocenters. The molecule has 0 unspecified atom stereocenters. The Morgan fingerprint density at radius 2 is 1.92 bits per heavy atom. The number of hydrogen-bond acceptors (Lipinski definition) is 6. The summed E-state index contributed by atoms with van der Waals surface area (Å²) in [5.41, 5.74) is 0. The van der Waals surface area contributed by atoms with E-state index in [9.17, 15) is 0 Å². The van der Waals surface area contributed by atoms with Gasteiger partial charge in [0.05, 0.1) is 12.1 Å². The van der Waals surface area contributed by atoms with Crippen LogP contribution in [0.1, 0.15) is 0 Å². The fourth-order valence-electron chi connectivity index (χ4n) is 0.688. The van der Waals surface area contributed by atoms with Crippen molar-refractivity contribution >= 4 is 32.4 Å². The summed E-state index contributed by atoms with van der Waals surface area (Å²) in [6, 6.07) is 3.92. The molecule has 0 saturated heterocycles. The average Bonchev–Trinajstić information content (AvgIpc) is 2.51. The van der Waals surface area contributed by atoms with Gasteiger partial charge in [0.2, 0.25) is 5.13 Å². The number of rotatable bonds is 3. The van der Waals surface area contributed by atoms with Crippen LogP contribution in [-0.2, 0) is 0 Å². The first-order valence-corrected chi connectivity index (χ1v) is 4.86. The van der Waals surface area contributed by atoms with Crippen molar-refractivity contribution in [1.82, 2.24) is 10.2 Å². The Labute approximate surface area is 87.4 Å². The minimum atomic E-state index is 0.148. The van der Waals surface area contributed by atoms with Gasteiger partial charge in [0.1, 0.15) is 13.1 Å². The van der Waals surface area contributed by atoms with E-state index in [1.165, 1.54) is 11.3 Å². The molecule has 0 aliphatic rings. The first kappa shape index (κ1) is 9.90. The van der Waals surface area contributed by atoms with Crippen molar-refractivity contribution in [3.05, 3.63) is 3.92 Å². The van der Waals surface area contributed by atoms with Gasteiger partial charge in [-0.1, -0.05) is 11.3 Å². The fraction of sp³-hybridized carbons (Fsp3) is 0.333. The van der Waals surface area contributed by atoms with E-state index < -0.39 is 0 Å². The molecule has 0 N–H and O–H groups in total. The highest BCUT2D eigenvalue weighted by atomic mass is 79.9. The van der Waals surface area contributed by atoms with Crippen LogP contribution in [0.3, 0.4) is 0 Å². The number of hydrogen-bond donors (Lipinski definition) is 0. The summed E-state index contributed by atoms with van der Waals surface area (Å²) in [6.07, 6.45) is 0. The van der Waals surface area contributed by atoms with Crippen LogP contribution in [0.5, 0.6) is 0 Å². The van der Waals surface area contributed by atoms with Crippen LogP contribution in [0.2, 0.25) is 0 Å². The zero-order chi connectivity index (χ0) is 9.68. The lowest BCUT2D eigenvalue weighted by atomic mass is 10.5. The first-order valence-electron chi connectivity index (χ1n) is 3.25. The maximum Gasteiger partial charge on any atom is 0.210 e. The molecular formula is C6H4BrN5S. The largest absolute Gasteiger partial charge is 0.320 e. The van der Waals surface area contributed by atoms with Gasteiger partial charge >= 0.3 is 0 Å². The molecule has 0 saturated carbocycles. The number of nitrogens with zero attached hydrogens (tertiary/aromatic N) is 5. The summed E-state index contributed by atoms with van der Waals surface area (Å²) < 4.78 is 0.642. The second-order valence-corrected chi connectivity index (χ2v) is 4.24. The molecule has 1 aromatic heterocycles. The van der Waals surface area contributed by atoms with Gasteiger partial charge < -0.3 is 4.90 Å². The van der Waals surface area contributed by atoms with Gasteiger partial charge in [-0.3, -0.25) is 0 Å². The molecule has 1 heterocycles. The van der Waals surface area contributed by atoms with Crippen molar-refractivity contribution in [3.63, 3.8) is 0 Å². The summed E-state index contributed by atoms with van der Waals surface area (Å²) in [5.74, 6) is 0. The summed E-state index contributed by atoms with van der Waals surface area (Å²) in [7, 11) is 0. The molecule has 0 aromatic carbocycles. The molecule has 1 rings (SSSR count).